The SMILES string of the molecule is Nc1cccc2c1CCCN2CC(=O)NCCOc1ccccc1. The third-order valence-electron chi connectivity index (χ3n) is 4.15. The van der Waals surface area contributed by atoms with Crippen LogP contribution in [0.25, 0.3) is 0 Å². The Morgan fingerprint density at radius 2 is 2.00 bits per heavy atom. The molecule has 0 saturated heterocycles. The van der Waals surface area contributed by atoms with Crippen LogP contribution in [0.2, 0.25) is 0 Å². The number of ether oxygens (including phenoxy) is 1. The Hall–Kier alpha value is -2.69. The minimum absolute atomic E-state index is 0.00179. The minimum Gasteiger partial charge on any atom is -0.492 e. The van der Waals surface area contributed by atoms with Gasteiger partial charge in [0.15, 0.2) is 0 Å². The average Bonchev–Trinajstić information content (AvgIpc) is 2.61. The number of nitrogens with one attached hydrogen (secondary N) is 1. The van der Waals surface area contributed by atoms with Crippen molar-refractivity contribution in [2.24, 2.45) is 0 Å². The fourth-order valence-electron chi connectivity index (χ4n) is 3.00. The lowest BCUT2D eigenvalue weighted by Gasteiger charge is -2.31. The second kappa shape index (κ2) is 7.73. The van der Waals surface area contributed by atoms with Crippen LogP contribution in [0.3, 0.4) is 0 Å². The van der Waals surface area contributed by atoms with E-state index in [0.717, 1.165) is 42.1 Å². The number of hydrogen-bond donors (Lipinski definition) is 2. The molecule has 0 atom stereocenters. The summed E-state index contributed by atoms with van der Waals surface area (Å²) in [5.41, 5.74) is 9.09. The number of hydrogen-bond acceptors (Lipinski definition) is 4. The molecule has 0 bridgehead atoms. The molecule has 0 aliphatic carbocycles. The van der Waals surface area contributed by atoms with Crippen molar-refractivity contribution in [3.05, 3.63) is 54.1 Å². The number of carbonyl (C=O) groups excluding carboxylic acids is 1. The predicted octanol–water partition coefficient (Wildman–Crippen LogP) is 2.22. The van der Waals surface area contributed by atoms with Crippen LogP contribution in [0.4, 0.5) is 11.4 Å². The van der Waals surface area contributed by atoms with Gasteiger partial charge in [-0.2, -0.15) is 0 Å². The number of carbonyl (C=O) groups is 1. The number of para-hydroxylation sites is 1. The summed E-state index contributed by atoms with van der Waals surface area (Å²) in [4.78, 5) is 14.3. The number of fused-ring (bicyclic) bond motifs is 1. The standard InChI is InChI=1S/C19H23N3O2/c20-17-9-4-10-18-16(17)8-5-12-22(18)14-19(23)21-11-13-24-15-6-2-1-3-7-15/h1-4,6-7,9-10H,5,8,11-14,20H2,(H,21,23). The van der Waals surface area contributed by atoms with Crippen molar-refractivity contribution < 1.29 is 9.53 Å². The molecule has 24 heavy (non-hydrogen) atoms. The van der Waals surface area contributed by atoms with E-state index < -0.39 is 0 Å². The maximum atomic E-state index is 12.2. The molecule has 3 N–H and O–H groups in total. The largest absolute Gasteiger partial charge is 0.492 e. The van der Waals surface area contributed by atoms with E-state index in [2.05, 4.69) is 10.2 Å². The number of rotatable bonds is 6. The Balaban J connectivity index is 1.47. The van der Waals surface area contributed by atoms with Gasteiger partial charge in [-0.25, -0.2) is 0 Å². The normalized spacial score (nSPS) is 13.2. The first-order valence-corrected chi connectivity index (χ1v) is 8.31. The lowest BCUT2D eigenvalue weighted by atomic mass is 10.00. The summed E-state index contributed by atoms with van der Waals surface area (Å²) < 4.78 is 5.57. The van der Waals surface area contributed by atoms with Crippen LogP contribution in [-0.2, 0) is 11.2 Å². The summed E-state index contributed by atoms with van der Waals surface area (Å²) in [6.07, 6.45) is 2.00. The molecule has 1 aliphatic rings. The van der Waals surface area contributed by atoms with Crippen LogP contribution in [0.15, 0.2) is 48.5 Å². The summed E-state index contributed by atoms with van der Waals surface area (Å²) in [7, 11) is 0. The fraction of sp³-hybridized carbons (Fsp3) is 0.316. The zero-order chi connectivity index (χ0) is 16.8. The molecule has 5 nitrogen and oxygen atoms in total. The molecular weight excluding hydrogens is 302 g/mol. The topological polar surface area (TPSA) is 67.6 Å². The van der Waals surface area contributed by atoms with E-state index in [1.54, 1.807) is 0 Å². The molecule has 0 unspecified atom stereocenters. The van der Waals surface area contributed by atoms with Crippen LogP contribution in [0.5, 0.6) is 5.75 Å². The van der Waals surface area contributed by atoms with Gasteiger partial charge in [-0.05, 0) is 42.7 Å². The molecule has 0 saturated carbocycles. The van der Waals surface area contributed by atoms with Gasteiger partial charge in [0.2, 0.25) is 5.91 Å². The molecule has 1 heterocycles. The van der Waals surface area contributed by atoms with Crippen molar-refractivity contribution >= 4 is 17.3 Å². The van der Waals surface area contributed by atoms with Crippen molar-refractivity contribution in [1.29, 1.82) is 0 Å². The third kappa shape index (κ3) is 3.98. The van der Waals surface area contributed by atoms with Crippen molar-refractivity contribution in [3.8, 4) is 5.75 Å². The molecule has 1 aliphatic heterocycles. The highest BCUT2D eigenvalue weighted by molar-refractivity contribution is 5.82. The van der Waals surface area contributed by atoms with E-state index in [1.165, 1.54) is 0 Å². The highest BCUT2D eigenvalue weighted by Crippen LogP contribution is 2.30. The van der Waals surface area contributed by atoms with Crippen LogP contribution in [-0.4, -0.2) is 32.1 Å². The van der Waals surface area contributed by atoms with Gasteiger partial charge in [-0.15, -0.1) is 0 Å². The van der Waals surface area contributed by atoms with Crippen molar-refractivity contribution in [1.82, 2.24) is 5.32 Å². The van der Waals surface area contributed by atoms with Crippen molar-refractivity contribution in [3.63, 3.8) is 0 Å². The maximum Gasteiger partial charge on any atom is 0.239 e. The molecular formula is C19H23N3O2. The second-order valence-electron chi connectivity index (χ2n) is 5.88. The maximum absolute atomic E-state index is 12.2. The quantitative estimate of drug-likeness (QED) is 0.631. The lowest BCUT2D eigenvalue weighted by Crippen LogP contribution is -2.41. The molecule has 5 heteroatoms. The molecule has 2 aromatic rings. The molecule has 0 spiro atoms. The molecule has 0 aromatic heterocycles. The first-order chi connectivity index (χ1) is 11.7. The van der Waals surface area contributed by atoms with Gasteiger partial charge >= 0.3 is 0 Å². The average molecular weight is 325 g/mol. The predicted molar refractivity (Wildman–Crippen MR) is 96.3 cm³/mol. The van der Waals surface area contributed by atoms with Gasteiger partial charge in [0.05, 0.1) is 13.1 Å². The number of benzene rings is 2. The summed E-state index contributed by atoms with van der Waals surface area (Å²) in [6.45, 7) is 2.18. The van der Waals surface area contributed by atoms with Gasteiger partial charge in [-0.1, -0.05) is 24.3 Å². The number of nitrogen functional groups attached to an aromatic ring is 1. The summed E-state index contributed by atoms with van der Waals surface area (Å²) in [6, 6.07) is 15.5. The second-order valence-corrected chi connectivity index (χ2v) is 5.88. The molecule has 126 valence electrons. The fourth-order valence-corrected chi connectivity index (χ4v) is 3.00. The van der Waals surface area contributed by atoms with E-state index in [-0.39, 0.29) is 5.91 Å². The van der Waals surface area contributed by atoms with Gasteiger partial charge in [0.1, 0.15) is 12.4 Å². The summed E-state index contributed by atoms with van der Waals surface area (Å²) >= 11 is 0. The third-order valence-corrected chi connectivity index (χ3v) is 4.15. The Bertz CT molecular complexity index is 688. The van der Waals surface area contributed by atoms with Gasteiger partial charge < -0.3 is 20.7 Å². The summed E-state index contributed by atoms with van der Waals surface area (Å²) in [5.74, 6) is 0.814. The van der Waals surface area contributed by atoms with Crippen LogP contribution < -0.4 is 20.7 Å². The number of nitrogens with two attached hydrogens (primary N) is 1. The first-order valence-electron chi connectivity index (χ1n) is 8.31. The minimum atomic E-state index is 0.00179. The highest BCUT2D eigenvalue weighted by atomic mass is 16.5. The van der Waals surface area contributed by atoms with Gasteiger partial charge in [0.25, 0.3) is 0 Å². The van der Waals surface area contributed by atoms with Crippen LogP contribution in [0, 0.1) is 0 Å². The molecule has 0 fully saturated rings. The Morgan fingerprint density at radius 1 is 1.17 bits per heavy atom. The zero-order valence-corrected chi connectivity index (χ0v) is 13.7. The Labute approximate surface area is 142 Å². The van der Waals surface area contributed by atoms with Gasteiger partial charge in [0, 0.05) is 17.9 Å². The van der Waals surface area contributed by atoms with E-state index in [4.69, 9.17) is 10.5 Å². The highest BCUT2D eigenvalue weighted by Gasteiger charge is 2.20. The van der Waals surface area contributed by atoms with E-state index in [0.29, 0.717) is 19.7 Å². The number of amides is 1. The summed E-state index contributed by atoms with van der Waals surface area (Å²) in [5, 5.41) is 2.91. The smallest absolute Gasteiger partial charge is 0.239 e. The van der Waals surface area contributed by atoms with E-state index in [1.807, 2.05) is 48.5 Å². The van der Waals surface area contributed by atoms with Gasteiger partial charge in [-0.3, -0.25) is 4.79 Å². The molecule has 0 radical (unpaired) electrons. The van der Waals surface area contributed by atoms with Crippen LogP contribution >= 0.6 is 0 Å². The Kier molecular flexibility index (Phi) is 5.21. The molecule has 3 rings (SSSR count). The zero-order valence-electron chi connectivity index (χ0n) is 13.7. The van der Waals surface area contributed by atoms with Crippen molar-refractivity contribution in [2.75, 3.05) is 36.9 Å². The monoisotopic (exact) mass is 325 g/mol. The van der Waals surface area contributed by atoms with E-state index in [9.17, 15) is 4.79 Å². The lowest BCUT2D eigenvalue weighted by molar-refractivity contribution is -0.119. The van der Waals surface area contributed by atoms with E-state index >= 15 is 0 Å². The molecule has 1 amide bonds. The first kappa shape index (κ1) is 16.2. The van der Waals surface area contributed by atoms with Crippen LogP contribution in [0.1, 0.15) is 12.0 Å². The van der Waals surface area contributed by atoms with Crippen molar-refractivity contribution in [2.45, 2.75) is 12.8 Å². The Morgan fingerprint density at radius 3 is 2.83 bits per heavy atom. The molecule has 2 aromatic carbocycles. The number of nitrogens with zero attached hydrogens (tertiary/aromatic N) is 1. The number of anilines is 2.